The van der Waals surface area contributed by atoms with Crippen LogP contribution >= 0.6 is 0 Å². The number of amides is 1. The molecule has 1 saturated carbocycles. The quantitative estimate of drug-likeness (QED) is 0.800. The standard InChI is InChI=1S/C17H19NO5/c19-16-7-11(17(20)23-13-3-1-2-4-13)9-18(16)12-5-6-14-15(8-12)22-10-21-14/h5-6,8,11,13H,1-4,7,9-10H2. The first-order valence-electron chi connectivity index (χ1n) is 8.11. The number of fused-ring (bicyclic) bond motifs is 1. The van der Waals surface area contributed by atoms with Crippen LogP contribution in [0, 0.1) is 5.92 Å². The maximum Gasteiger partial charge on any atom is 0.311 e. The van der Waals surface area contributed by atoms with Crippen molar-refractivity contribution in [1.29, 1.82) is 0 Å². The molecule has 2 aliphatic heterocycles. The second-order valence-corrected chi connectivity index (χ2v) is 6.29. The molecule has 1 aromatic rings. The van der Waals surface area contributed by atoms with Gasteiger partial charge in [0.1, 0.15) is 6.10 Å². The van der Waals surface area contributed by atoms with Gasteiger partial charge < -0.3 is 19.1 Å². The lowest BCUT2D eigenvalue weighted by atomic mass is 10.1. The van der Waals surface area contributed by atoms with Crippen LogP contribution in [0.3, 0.4) is 0 Å². The molecule has 4 rings (SSSR count). The smallest absolute Gasteiger partial charge is 0.311 e. The van der Waals surface area contributed by atoms with E-state index in [-0.39, 0.29) is 37.1 Å². The van der Waals surface area contributed by atoms with Crippen LogP contribution in [-0.4, -0.2) is 31.3 Å². The Morgan fingerprint density at radius 2 is 1.96 bits per heavy atom. The summed E-state index contributed by atoms with van der Waals surface area (Å²) in [4.78, 5) is 26.2. The molecule has 6 heteroatoms. The van der Waals surface area contributed by atoms with Crippen LogP contribution in [-0.2, 0) is 14.3 Å². The highest BCUT2D eigenvalue weighted by atomic mass is 16.7. The van der Waals surface area contributed by atoms with Gasteiger partial charge in [-0.2, -0.15) is 0 Å². The maximum absolute atomic E-state index is 12.3. The number of benzene rings is 1. The van der Waals surface area contributed by atoms with E-state index in [0.29, 0.717) is 18.0 Å². The zero-order chi connectivity index (χ0) is 15.8. The van der Waals surface area contributed by atoms with Crippen molar-refractivity contribution < 1.29 is 23.8 Å². The van der Waals surface area contributed by atoms with Crippen LogP contribution < -0.4 is 14.4 Å². The number of anilines is 1. The van der Waals surface area contributed by atoms with Crippen molar-refractivity contribution in [3.63, 3.8) is 0 Å². The fourth-order valence-corrected chi connectivity index (χ4v) is 3.43. The lowest BCUT2D eigenvalue weighted by molar-refractivity contribution is -0.153. The van der Waals surface area contributed by atoms with E-state index in [1.807, 2.05) is 6.07 Å². The summed E-state index contributed by atoms with van der Waals surface area (Å²) in [5, 5.41) is 0. The molecule has 23 heavy (non-hydrogen) atoms. The first-order valence-corrected chi connectivity index (χ1v) is 8.11. The van der Waals surface area contributed by atoms with Crippen molar-refractivity contribution in [3.8, 4) is 11.5 Å². The molecular weight excluding hydrogens is 298 g/mol. The summed E-state index contributed by atoms with van der Waals surface area (Å²) in [6, 6.07) is 5.39. The predicted molar refractivity (Wildman–Crippen MR) is 81.4 cm³/mol. The SMILES string of the molecule is O=C(OC1CCCC1)C1CC(=O)N(c2ccc3c(c2)OCO3)C1. The molecule has 1 aromatic carbocycles. The lowest BCUT2D eigenvalue weighted by Gasteiger charge is -2.18. The first-order chi connectivity index (χ1) is 11.2. The molecular formula is C17H19NO5. The minimum absolute atomic E-state index is 0.0391. The molecule has 122 valence electrons. The van der Waals surface area contributed by atoms with E-state index in [9.17, 15) is 9.59 Å². The molecule has 3 aliphatic rings. The third-order valence-corrected chi connectivity index (χ3v) is 4.71. The summed E-state index contributed by atoms with van der Waals surface area (Å²) in [5.41, 5.74) is 0.732. The van der Waals surface area contributed by atoms with Crippen molar-refractivity contribution in [1.82, 2.24) is 0 Å². The van der Waals surface area contributed by atoms with Crippen molar-refractivity contribution in [2.24, 2.45) is 5.92 Å². The van der Waals surface area contributed by atoms with E-state index in [2.05, 4.69) is 0 Å². The second-order valence-electron chi connectivity index (χ2n) is 6.29. The molecule has 1 unspecified atom stereocenters. The molecule has 1 saturated heterocycles. The Morgan fingerprint density at radius 1 is 1.17 bits per heavy atom. The normalized spacial score (nSPS) is 23.6. The highest BCUT2D eigenvalue weighted by Gasteiger charge is 2.37. The number of hydrogen-bond donors (Lipinski definition) is 0. The molecule has 1 atom stereocenters. The molecule has 0 spiro atoms. The number of ether oxygens (including phenoxy) is 3. The van der Waals surface area contributed by atoms with Gasteiger partial charge in [-0.3, -0.25) is 9.59 Å². The van der Waals surface area contributed by atoms with Gasteiger partial charge in [0.25, 0.3) is 0 Å². The monoisotopic (exact) mass is 317 g/mol. The average Bonchev–Trinajstić information content (AvgIpc) is 3.26. The van der Waals surface area contributed by atoms with Gasteiger partial charge in [-0.05, 0) is 37.8 Å². The molecule has 0 aromatic heterocycles. The van der Waals surface area contributed by atoms with Gasteiger partial charge in [0, 0.05) is 24.7 Å². The number of carbonyl (C=O) groups excluding carboxylic acids is 2. The zero-order valence-electron chi connectivity index (χ0n) is 12.8. The minimum atomic E-state index is -0.381. The average molecular weight is 317 g/mol. The van der Waals surface area contributed by atoms with E-state index >= 15 is 0 Å². The van der Waals surface area contributed by atoms with Crippen LogP contribution in [0.1, 0.15) is 32.1 Å². The molecule has 1 amide bonds. The van der Waals surface area contributed by atoms with Crippen LogP contribution in [0.5, 0.6) is 11.5 Å². The van der Waals surface area contributed by atoms with E-state index in [4.69, 9.17) is 14.2 Å². The molecule has 0 radical (unpaired) electrons. The van der Waals surface area contributed by atoms with Crippen LogP contribution in [0.25, 0.3) is 0 Å². The predicted octanol–water partition coefficient (Wildman–Crippen LogP) is 2.25. The third kappa shape index (κ3) is 2.73. The Kier molecular flexibility index (Phi) is 3.59. The summed E-state index contributed by atoms with van der Waals surface area (Å²) in [6.45, 7) is 0.563. The highest BCUT2D eigenvalue weighted by molar-refractivity contribution is 5.99. The number of esters is 1. The van der Waals surface area contributed by atoms with Crippen LogP contribution in [0.15, 0.2) is 18.2 Å². The molecule has 0 N–H and O–H groups in total. The maximum atomic E-state index is 12.3. The second kappa shape index (κ2) is 5.76. The number of carbonyl (C=O) groups is 2. The highest BCUT2D eigenvalue weighted by Crippen LogP contribution is 2.37. The van der Waals surface area contributed by atoms with Gasteiger partial charge in [-0.25, -0.2) is 0 Å². The van der Waals surface area contributed by atoms with Gasteiger partial charge in [-0.15, -0.1) is 0 Å². The summed E-state index contributed by atoms with van der Waals surface area (Å²) in [5.74, 6) is 0.629. The number of rotatable bonds is 3. The molecule has 6 nitrogen and oxygen atoms in total. The molecule has 2 fully saturated rings. The van der Waals surface area contributed by atoms with Crippen molar-refractivity contribution in [2.75, 3.05) is 18.2 Å². The van der Waals surface area contributed by atoms with Crippen LogP contribution in [0.2, 0.25) is 0 Å². The summed E-state index contributed by atoms with van der Waals surface area (Å²) in [6.07, 6.45) is 4.36. The van der Waals surface area contributed by atoms with Gasteiger partial charge in [0.2, 0.25) is 12.7 Å². The summed E-state index contributed by atoms with van der Waals surface area (Å²) in [7, 11) is 0. The number of hydrogen-bond acceptors (Lipinski definition) is 5. The van der Waals surface area contributed by atoms with Crippen molar-refractivity contribution >= 4 is 17.6 Å². The molecule has 1 aliphatic carbocycles. The Labute approximate surface area is 134 Å². The molecule has 2 heterocycles. The topological polar surface area (TPSA) is 65.1 Å². The fourth-order valence-electron chi connectivity index (χ4n) is 3.43. The van der Waals surface area contributed by atoms with E-state index in [0.717, 1.165) is 31.4 Å². The summed E-state index contributed by atoms with van der Waals surface area (Å²) >= 11 is 0. The van der Waals surface area contributed by atoms with E-state index in [1.54, 1.807) is 17.0 Å². The van der Waals surface area contributed by atoms with Crippen LogP contribution in [0.4, 0.5) is 5.69 Å². The Balaban J connectivity index is 1.44. The zero-order valence-corrected chi connectivity index (χ0v) is 12.8. The minimum Gasteiger partial charge on any atom is -0.462 e. The third-order valence-electron chi connectivity index (χ3n) is 4.71. The van der Waals surface area contributed by atoms with E-state index < -0.39 is 0 Å². The van der Waals surface area contributed by atoms with Gasteiger partial charge in [0.15, 0.2) is 11.5 Å². The first kappa shape index (κ1) is 14.4. The Hall–Kier alpha value is -2.24. The molecule has 0 bridgehead atoms. The van der Waals surface area contributed by atoms with Crippen molar-refractivity contribution in [2.45, 2.75) is 38.2 Å². The van der Waals surface area contributed by atoms with Gasteiger partial charge in [-0.1, -0.05) is 0 Å². The van der Waals surface area contributed by atoms with Gasteiger partial charge >= 0.3 is 5.97 Å². The Morgan fingerprint density at radius 3 is 2.78 bits per heavy atom. The fraction of sp³-hybridized carbons (Fsp3) is 0.529. The van der Waals surface area contributed by atoms with Crippen molar-refractivity contribution in [3.05, 3.63) is 18.2 Å². The summed E-state index contributed by atoms with van der Waals surface area (Å²) < 4.78 is 16.2. The largest absolute Gasteiger partial charge is 0.462 e. The van der Waals surface area contributed by atoms with E-state index in [1.165, 1.54) is 0 Å². The van der Waals surface area contributed by atoms with Gasteiger partial charge in [0.05, 0.1) is 5.92 Å². The lowest BCUT2D eigenvalue weighted by Crippen LogP contribution is -2.27. The Bertz CT molecular complexity index is 638. The number of nitrogens with zero attached hydrogens (tertiary/aromatic N) is 1.